The Bertz CT molecular complexity index is 904. The van der Waals surface area contributed by atoms with Crippen LogP contribution in [0.4, 0.5) is 0 Å². The molecular formula is C31H48O2. The number of hydrogen-bond donors (Lipinski definition) is 2. The molecule has 2 aromatic carbocycles. The van der Waals surface area contributed by atoms with Crippen molar-refractivity contribution in [3.63, 3.8) is 0 Å². The first kappa shape index (κ1) is 27.3. The van der Waals surface area contributed by atoms with E-state index < -0.39 is 5.41 Å². The molecule has 0 fully saturated rings. The second-order valence-electron chi connectivity index (χ2n) is 12.7. The average molecular weight is 453 g/mol. The van der Waals surface area contributed by atoms with E-state index >= 15 is 0 Å². The van der Waals surface area contributed by atoms with Crippen LogP contribution in [0.15, 0.2) is 24.3 Å². The minimum Gasteiger partial charge on any atom is -0.507 e. The van der Waals surface area contributed by atoms with Crippen LogP contribution < -0.4 is 0 Å². The van der Waals surface area contributed by atoms with Crippen molar-refractivity contribution >= 4 is 0 Å². The zero-order valence-electron chi connectivity index (χ0n) is 23.3. The van der Waals surface area contributed by atoms with Crippen molar-refractivity contribution in [3.8, 4) is 11.5 Å². The quantitative estimate of drug-likeness (QED) is 0.459. The smallest absolute Gasteiger partial charge is 0.123 e. The molecule has 0 aromatic heterocycles. The highest BCUT2D eigenvalue weighted by molar-refractivity contribution is 5.59. The van der Waals surface area contributed by atoms with Crippen LogP contribution in [0.2, 0.25) is 0 Å². The van der Waals surface area contributed by atoms with Gasteiger partial charge < -0.3 is 10.2 Å². The Labute approximate surface area is 203 Å². The van der Waals surface area contributed by atoms with E-state index in [-0.39, 0.29) is 10.8 Å². The molecule has 2 unspecified atom stereocenters. The lowest BCUT2D eigenvalue weighted by Crippen LogP contribution is -2.24. The molecule has 0 heterocycles. The Balaban J connectivity index is 2.94. The van der Waals surface area contributed by atoms with E-state index in [0.29, 0.717) is 23.3 Å². The standard InChI is InChI=1S/C31H48O2/c1-13-19(3)21-15-23(29(5,6)7)27(32)25(17-21)31(11,12)26-18-22(20(4)14-2)16-24(28(26)33)30(8,9)10/h15-20,32-33H,13-14H2,1-12H3. The maximum absolute atomic E-state index is 11.6. The van der Waals surface area contributed by atoms with Gasteiger partial charge in [-0.3, -0.25) is 0 Å². The number of phenolic OH excluding ortho intramolecular Hbond substituents is 2. The molecule has 2 N–H and O–H groups in total. The molecule has 2 atom stereocenters. The van der Waals surface area contributed by atoms with Crippen molar-refractivity contribution in [1.82, 2.24) is 0 Å². The summed E-state index contributed by atoms with van der Waals surface area (Å²) in [5.74, 6) is 1.49. The summed E-state index contributed by atoms with van der Waals surface area (Å²) in [6.45, 7) is 26.1. The van der Waals surface area contributed by atoms with Gasteiger partial charge in [0, 0.05) is 16.5 Å². The summed E-state index contributed by atoms with van der Waals surface area (Å²) < 4.78 is 0. The van der Waals surface area contributed by atoms with Gasteiger partial charge in [0.2, 0.25) is 0 Å². The van der Waals surface area contributed by atoms with Crippen molar-refractivity contribution in [2.45, 2.75) is 124 Å². The molecule has 0 bridgehead atoms. The predicted molar refractivity (Wildman–Crippen MR) is 143 cm³/mol. The van der Waals surface area contributed by atoms with E-state index in [1.165, 1.54) is 11.1 Å². The maximum Gasteiger partial charge on any atom is 0.123 e. The molecule has 0 amide bonds. The number of benzene rings is 2. The van der Waals surface area contributed by atoms with E-state index in [2.05, 4.69) is 107 Å². The normalized spacial score (nSPS) is 14.9. The summed E-state index contributed by atoms with van der Waals surface area (Å²) in [6, 6.07) is 8.70. The lowest BCUT2D eigenvalue weighted by molar-refractivity contribution is 0.411. The van der Waals surface area contributed by atoms with Crippen LogP contribution in [0, 0.1) is 0 Å². The highest BCUT2D eigenvalue weighted by Gasteiger charge is 2.35. The monoisotopic (exact) mass is 452 g/mol. The Morgan fingerprint density at radius 3 is 1.09 bits per heavy atom. The molecule has 33 heavy (non-hydrogen) atoms. The summed E-state index contributed by atoms with van der Waals surface area (Å²) in [6.07, 6.45) is 2.08. The Morgan fingerprint density at radius 1 is 0.576 bits per heavy atom. The van der Waals surface area contributed by atoms with Crippen molar-refractivity contribution in [1.29, 1.82) is 0 Å². The van der Waals surface area contributed by atoms with E-state index in [1.54, 1.807) is 0 Å². The summed E-state index contributed by atoms with van der Waals surface area (Å²) in [5, 5.41) is 23.1. The molecule has 0 spiro atoms. The zero-order valence-corrected chi connectivity index (χ0v) is 23.3. The molecule has 0 saturated heterocycles. The number of aromatic hydroxyl groups is 2. The van der Waals surface area contributed by atoms with Gasteiger partial charge in [-0.05, 0) is 57.8 Å². The molecular weight excluding hydrogens is 404 g/mol. The lowest BCUT2D eigenvalue weighted by atomic mass is 9.70. The van der Waals surface area contributed by atoms with Crippen LogP contribution in [0.5, 0.6) is 11.5 Å². The van der Waals surface area contributed by atoms with E-state index in [0.717, 1.165) is 35.1 Å². The molecule has 0 aliphatic carbocycles. The third-order valence-electron chi connectivity index (χ3n) is 7.59. The van der Waals surface area contributed by atoms with Gasteiger partial charge in [-0.15, -0.1) is 0 Å². The number of rotatable bonds is 6. The van der Waals surface area contributed by atoms with Gasteiger partial charge in [-0.25, -0.2) is 0 Å². The van der Waals surface area contributed by atoms with Crippen molar-refractivity contribution in [2.75, 3.05) is 0 Å². The second-order valence-corrected chi connectivity index (χ2v) is 12.7. The summed E-state index contributed by atoms with van der Waals surface area (Å²) in [4.78, 5) is 0. The van der Waals surface area contributed by atoms with Crippen LogP contribution in [0.25, 0.3) is 0 Å². The largest absolute Gasteiger partial charge is 0.507 e. The molecule has 2 rings (SSSR count). The minimum absolute atomic E-state index is 0.185. The Hall–Kier alpha value is -1.96. The summed E-state index contributed by atoms with van der Waals surface area (Å²) >= 11 is 0. The third-order valence-corrected chi connectivity index (χ3v) is 7.59. The first-order chi connectivity index (χ1) is 15.0. The van der Waals surface area contributed by atoms with Gasteiger partial charge in [0.15, 0.2) is 0 Å². The first-order valence-electron chi connectivity index (χ1n) is 12.7. The number of hydrogen-bond acceptors (Lipinski definition) is 2. The van der Waals surface area contributed by atoms with Gasteiger partial charge in [-0.2, -0.15) is 0 Å². The molecule has 184 valence electrons. The van der Waals surface area contributed by atoms with Gasteiger partial charge in [-0.1, -0.05) is 107 Å². The first-order valence-corrected chi connectivity index (χ1v) is 12.7. The van der Waals surface area contributed by atoms with Crippen LogP contribution in [0.1, 0.15) is 141 Å². The second kappa shape index (κ2) is 9.35. The molecule has 2 aromatic rings. The lowest BCUT2D eigenvalue weighted by Gasteiger charge is -2.34. The molecule has 0 aliphatic heterocycles. The minimum atomic E-state index is -0.568. The van der Waals surface area contributed by atoms with Crippen LogP contribution in [-0.4, -0.2) is 10.2 Å². The van der Waals surface area contributed by atoms with Crippen molar-refractivity contribution in [3.05, 3.63) is 57.6 Å². The van der Waals surface area contributed by atoms with E-state index in [4.69, 9.17) is 0 Å². The van der Waals surface area contributed by atoms with Crippen molar-refractivity contribution < 1.29 is 10.2 Å². The van der Waals surface area contributed by atoms with Gasteiger partial charge in [0.05, 0.1) is 0 Å². The molecule has 0 aliphatic rings. The topological polar surface area (TPSA) is 40.5 Å². The van der Waals surface area contributed by atoms with Gasteiger partial charge >= 0.3 is 0 Å². The highest BCUT2D eigenvalue weighted by Crippen LogP contribution is 2.48. The van der Waals surface area contributed by atoms with E-state index in [1.807, 2.05) is 0 Å². The Morgan fingerprint density at radius 2 is 0.848 bits per heavy atom. The van der Waals surface area contributed by atoms with Crippen LogP contribution in [0.3, 0.4) is 0 Å². The molecule has 2 nitrogen and oxygen atoms in total. The van der Waals surface area contributed by atoms with Gasteiger partial charge in [0.25, 0.3) is 0 Å². The van der Waals surface area contributed by atoms with Crippen LogP contribution >= 0.6 is 0 Å². The molecule has 0 saturated carbocycles. The zero-order chi connectivity index (χ0) is 25.5. The predicted octanol–water partition coefficient (Wildman–Crippen LogP) is 9.05. The van der Waals surface area contributed by atoms with Crippen LogP contribution in [-0.2, 0) is 16.2 Å². The molecule has 0 radical (unpaired) electrons. The average Bonchev–Trinajstić information content (AvgIpc) is 2.70. The Kier molecular flexibility index (Phi) is 7.73. The summed E-state index contributed by atoms with van der Waals surface area (Å²) in [7, 11) is 0. The highest BCUT2D eigenvalue weighted by atomic mass is 16.3. The maximum atomic E-state index is 11.6. The fourth-order valence-corrected chi connectivity index (χ4v) is 4.60. The molecule has 2 heteroatoms. The third kappa shape index (κ3) is 5.42. The SMILES string of the molecule is CCC(C)c1cc(C(C)(C)C)c(O)c(C(C)(C)c2cc(C(C)CC)cc(C(C)(C)C)c2O)c1. The van der Waals surface area contributed by atoms with Gasteiger partial charge in [0.1, 0.15) is 11.5 Å². The summed E-state index contributed by atoms with van der Waals surface area (Å²) in [5.41, 5.74) is 5.28. The fraction of sp³-hybridized carbons (Fsp3) is 0.613. The van der Waals surface area contributed by atoms with E-state index in [9.17, 15) is 10.2 Å². The fourth-order valence-electron chi connectivity index (χ4n) is 4.60. The van der Waals surface area contributed by atoms with Crippen molar-refractivity contribution in [2.24, 2.45) is 0 Å². The number of phenols is 2.